The van der Waals surface area contributed by atoms with Gasteiger partial charge in [0.15, 0.2) is 5.78 Å². The molecule has 1 atom stereocenters. The van der Waals surface area contributed by atoms with Crippen LogP contribution in [0.15, 0.2) is 18.3 Å². The third-order valence-corrected chi connectivity index (χ3v) is 3.63. The molecule has 1 heterocycles. The van der Waals surface area contributed by atoms with Crippen LogP contribution in [0.25, 0.3) is 0 Å². The van der Waals surface area contributed by atoms with Gasteiger partial charge in [0.2, 0.25) is 0 Å². The zero-order chi connectivity index (χ0) is 10.6. The third kappa shape index (κ3) is 2.91. The first-order valence-electron chi connectivity index (χ1n) is 4.91. The van der Waals surface area contributed by atoms with Crippen molar-refractivity contribution in [1.29, 1.82) is 0 Å². The molecule has 0 aromatic carbocycles. The Labute approximate surface area is 89.7 Å². The molecule has 3 heteroatoms. The van der Waals surface area contributed by atoms with Crippen LogP contribution in [0.4, 0.5) is 0 Å². The summed E-state index contributed by atoms with van der Waals surface area (Å²) in [6.45, 7) is 4.30. The molecule has 78 valence electrons. The van der Waals surface area contributed by atoms with Gasteiger partial charge in [0.1, 0.15) is 0 Å². The minimum absolute atomic E-state index is 0.225. The number of nitrogens with zero attached hydrogens (tertiary/aromatic N) is 1. The van der Waals surface area contributed by atoms with E-state index in [1.54, 1.807) is 11.8 Å². The number of ketones is 1. The van der Waals surface area contributed by atoms with Crippen LogP contribution in [0.3, 0.4) is 0 Å². The molecule has 14 heavy (non-hydrogen) atoms. The zero-order valence-electron chi connectivity index (χ0n) is 8.99. The second kappa shape index (κ2) is 5.25. The van der Waals surface area contributed by atoms with Crippen molar-refractivity contribution in [3.8, 4) is 0 Å². The Bertz CT molecular complexity index is 306. The summed E-state index contributed by atoms with van der Waals surface area (Å²) < 4.78 is 1.87. The SMILES string of the molecule is CCC(C)SCC(=O)c1cccn1C. The predicted octanol–water partition coefficient (Wildman–Crippen LogP) is 2.74. The lowest BCUT2D eigenvalue weighted by atomic mass is 10.3. The summed E-state index contributed by atoms with van der Waals surface area (Å²) in [5, 5.41) is 0.569. The Morgan fingerprint density at radius 1 is 1.64 bits per heavy atom. The van der Waals surface area contributed by atoms with Gasteiger partial charge in [0, 0.05) is 18.5 Å². The second-order valence-corrected chi connectivity index (χ2v) is 4.88. The van der Waals surface area contributed by atoms with Crippen LogP contribution in [-0.2, 0) is 7.05 Å². The van der Waals surface area contributed by atoms with Crippen molar-refractivity contribution < 1.29 is 4.79 Å². The highest BCUT2D eigenvalue weighted by Gasteiger charge is 2.10. The van der Waals surface area contributed by atoms with Crippen LogP contribution < -0.4 is 0 Å². The van der Waals surface area contributed by atoms with Gasteiger partial charge in [-0.15, -0.1) is 0 Å². The van der Waals surface area contributed by atoms with Gasteiger partial charge >= 0.3 is 0 Å². The summed E-state index contributed by atoms with van der Waals surface area (Å²) in [5.41, 5.74) is 0.806. The Morgan fingerprint density at radius 2 is 2.36 bits per heavy atom. The van der Waals surface area contributed by atoms with Crippen molar-refractivity contribution in [3.05, 3.63) is 24.0 Å². The van der Waals surface area contributed by atoms with E-state index in [4.69, 9.17) is 0 Å². The Morgan fingerprint density at radius 3 is 2.86 bits per heavy atom. The predicted molar refractivity (Wildman–Crippen MR) is 62.0 cm³/mol. The summed E-state index contributed by atoms with van der Waals surface area (Å²) in [7, 11) is 1.90. The maximum absolute atomic E-state index is 11.7. The molecule has 1 rings (SSSR count). The van der Waals surface area contributed by atoms with Crippen LogP contribution in [0.5, 0.6) is 0 Å². The summed E-state index contributed by atoms with van der Waals surface area (Å²) in [6.07, 6.45) is 3.02. The van der Waals surface area contributed by atoms with Crippen LogP contribution in [-0.4, -0.2) is 21.4 Å². The fourth-order valence-electron chi connectivity index (χ4n) is 1.16. The van der Waals surface area contributed by atoms with E-state index in [9.17, 15) is 4.79 Å². The van der Waals surface area contributed by atoms with Crippen molar-refractivity contribution in [2.45, 2.75) is 25.5 Å². The molecule has 0 amide bonds. The van der Waals surface area contributed by atoms with Crippen molar-refractivity contribution in [2.24, 2.45) is 7.05 Å². The minimum Gasteiger partial charge on any atom is -0.348 e. The van der Waals surface area contributed by atoms with E-state index < -0.39 is 0 Å². The van der Waals surface area contributed by atoms with Crippen molar-refractivity contribution in [3.63, 3.8) is 0 Å². The van der Waals surface area contributed by atoms with Crippen LogP contribution in [0.2, 0.25) is 0 Å². The first-order valence-corrected chi connectivity index (χ1v) is 5.96. The Hall–Kier alpha value is -0.700. The van der Waals surface area contributed by atoms with Crippen LogP contribution in [0, 0.1) is 0 Å². The molecule has 0 spiro atoms. The number of carbonyl (C=O) groups is 1. The molecule has 1 aromatic rings. The van der Waals surface area contributed by atoms with Gasteiger partial charge in [-0.3, -0.25) is 4.79 Å². The molecule has 1 unspecified atom stereocenters. The number of Topliss-reactive ketones (excluding diaryl/α,β-unsaturated/α-hetero) is 1. The fraction of sp³-hybridized carbons (Fsp3) is 0.545. The lowest BCUT2D eigenvalue weighted by Crippen LogP contribution is -2.09. The van der Waals surface area contributed by atoms with Crippen LogP contribution >= 0.6 is 11.8 Å². The molecule has 2 nitrogen and oxygen atoms in total. The van der Waals surface area contributed by atoms with E-state index in [0.717, 1.165) is 12.1 Å². The van der Waals surface area contributed by atoms with Crippen molar-refractivity contribution in [2.75, 3.05) is 5.75 Å². The average molecular weight is 211 g/mol. The normalized spacial score (nSPS) is 12.8. The van der Waals surface area contributed by atoms with Gasteiger partial charge in [0.05, 0.1) is 11.4 Å². The van der Waals surface area contributed by atoms with E-state index >= 15 is 0 Å². The molecule has 0 fully saturated rings. The van der Waals surface area contributed by atoms with Gasteiger partial charge in [0.25, 0.3) is 0 Å². The molecular formula is C11H17NOS. The second-order valence-electron chi connectivity index (χ2n) is 3.46. The number of hydrogen-bond acceptors (Lipinski definition) is 2. The molecule has 0 saturated heterocycles. The molecule has 0 saturated carbocycles. The monoisotopic (exact) mass is 211 g/mol. The highest BCUT2D eigenvalue weighted by molar-refractivity contribution is 8.00. The quantitative estimate of drug-likeness (QED) is 0.699. The lowest BCUT2D eigenvalue weighted by Gasteiger charge is -2.07. The molecule has 1 aromatic heterocycles. The van der Waals surface area contributed by atoms with Gasteiger partial charge in [-0.05, 0) is 18.6 Å². The van der Waals surface area contributed by atoms with Gasteiger partial charge < -0.3 is 4.57 Å². The molecule has 0 bridgehead atoms. The highest BCUT2D eigenvalue weighted by atomic mass is 32.2. The summed E-state index contributed by atoms with van der Waals surface area (Å²) in [5.74, 6) is 0.815. The number of aryl methyl sites for hydroxylation is 1. The first kappa shape index (κ1) is 11.4. The Kier molecular flexibility index (Phi) is 4.26. The van der Waals surface area contributed by atoms with Crippen LogP contribution in [0.1, 0.15) is 30.8 Å². The number of carbonyl (C=O) groups excluding carboxylic acids is 1. The molecule has 0 N–H and O–H groups in total. The maximum atomic E-state index is 11.7. The largest absolute Gasteiger partial charge is 0.348 e. The van der Waals surface area contributed by atoms with E-state index in [2.05, 4.69) is 13.8 Å². The van der Waals surface area contributed by atoms with Crippen molar-refractivity contribution in [1.82, 2.24) is 4.57 Å². The topological polar surface area (TPSA) is 22.0 Å². The fourth-order valence-corrected chi connectivity index (χ4v) is 1.98. The summed E-state index contributed by atoms with van der Waals surface area (Å²) >= 11 is 1.73. The number of aromatic nitrogens is 1. The molecule has 0 aliphatic heterocycles. The van der Waals surface area contributed by atoms with Gasteiger partial charge in [-0.2, -0.15) is 11.8 Å². The van der Waals surface area contributed by atoms with E-state index in [-0.39, 0.29) is 5.78 Å². The standard InChI is InChI=1S/C11H17NOS/c1-4-9(2)14-8-11(13)10-6-5-7-12(10)3/h5-7,9H,4,8H2,1-3H3. The van der Waals surface area contributed by atoms with Gasteiger partial charge in [-0.25, -0.2) is 0 Å². The summed E-state index contributed by atoms with van der Waals surface area (Å²) in [4.78, 5) is 11.7. The Balaban J connectivity index is 2.47. The zero-order valence-corrected chi connectivity index (χ0v) is 9.80. The number of hydrogen-bond donors (Lipinski definition) is 0. The molecule has 0 aliphatic rings. The van der Waals surface area contributed by atoms with Crippen molar-refractivity contribution >= 4 is 17.5 Å². The lowest BCUT2D eigenvalue weighted by molar-refractivity contribution is 0.101. The van der Waals surface area contributed by atoms with Gasteiger partial charge in [-0.1, -0.05) is 13.8 Å². The molecular weight excluding hydrogens is 194 g/mol. The maximum Gasteiger partial charge on any atom is 0.189 e. The first-order chi connectivity index (χ1) is 6.65. The highest BCUT2D eigenvalue weighted by Crippen LogP contribution is 2.15. The number of rotatable bonds is 5. The smallest absolute Gasteiger partial charge is 0.189 e. The summed E-state index contributed by atoms with van der Waals surface area (Å²) in [6, 6.07) is 3.78. The van der Waals surface area contributed by atoms with E-state index in [1.807, 2.05) is 29.9 Å². The average Bonchev–Trinajstić information content (AvgIpc) is 2.60. The number of thioether (sulfide) groups is 1. The molecule has 0 radical (unpaired) electrons. The third-order valence-electron chi connectivity index (χ3n) is 2.30. The van der Waals surface area contributed by atoms with E-state index in [0.29, 0.717) is 11.0 Å². The minimum atomic E-state index is 0.225. The molecule has 0 aliphatic carbocycles. The van der Waals surface area contributed by atoms with E-state index in [1.165, 1.54) is 0 Å².